The average molecular weight is 253 g/mol. The molecule has 2 rings (SSSR count). The van der Waals surface area contributed by atoms with Crippen LogP contribution in [0.5, 0.6) is 0 Å². The molecule has 0 spiro atoms. The van der Waals surface area contributed by atoms with Crippen molar-refractivity contribution in [3.8, 4) is 0 Å². The fourth-order valence-electron chi connectivity index (χ4n) is 2.60. The number of piperazine rings is 1. The Morgan fingerprint density at radius 1 is 1.47 bits per heavy atom. The van der Waals surface area contributed by atoms with Crippen molar-refractivity contribution < 1.29 is 0 Å². The van der Waals surface area contributed by atoms with Gasteiger partial charge in [-0.05, 0) is 19.8 Å². The predicted octanol–water partition coefficient (Wildman–Crippen LogP) is 2.52. The summed E-state index contributed by atoms with van der Waals surface area (Å²) < 4.78 is 0. The summed E-state index contributed by atoms with van der Waals surface area (Å²) in [7, 11) is 0. The summed E-state index contributed by atoms with van der Waals surface area (Å²) in [5, 5.41) is 6.90. The first-order valence-corrected chi connectivity index (χ1v) is 7.36. The molecule has 96 valence electrons. The van der Waals surface area contributed by atoms with Gasteiger partial charge in [0.25, 0.3) is 0 Å². The van der Waals surface area contributed by atoms with Crippen LogP contribution in [0.1, 0.15) is 38.7 Å². The number of nitrogens with zero attached hydrogens (tertiary/aromatic N) is 2. The molecule has 3 nitrogen and oxygen atoms in total. The van der Waals surface area contributed by atoms with Crippen LogP contribution < -0.4 is 5.32 Å². The normalized spacial score (nSPS) is 28.5. The van der Waals surface area contributed by atoms with E-state index in [9.17, 15) is 0 Å². The molecule has 1 N–H and O–H groups in total. The van der Waals surface area contributed by atoms with Crippen molar-refractivity contribution >= 4 is 11.3 Å². The molecule has 1 saturated heterocycles. The Morgan fingerprint density at radius 3 is 2.82 bits per heavy atom. The predicted molar refractivity (Wildman–Crippen MR) is 73.3 cm³/mol. The fraction of sp³-hybridized carbons (Fsp3) is 0.769. The zero-order valence-electron chi connectivity index (χ0n) is 11.2. The molecule has 0 radical (unpaired) electrons. The van der Waals surface area contributed by atoms with Gasteiger partial charge in [-0.3, -0.25) is 4.90 Å². The molecule has 3 unspecified atom stereocenters. The highest BCUT2D eigenvalue weighted by molar-refractivity contribution is 7.09. The number of thiazole rings is 1. The van der Waals surface area contributed by atoms with E-state index in [0.29, 0.717) is 24.0 Å². The monoisotopic (exact) mass is 253 g/mol. The van der Waals surface area contributed by atoms with Crippen LogP contribution in [0.15, 0.2) is 11.6 Å². The smallest absolute Gasteiger partial charge is 0.109 e. The topological polar surface area (TPSA) is 28.2 Å². The van der Waals surface area contributed by atoms with Gasteiger partial charge in [0.2, 0.25) is 0 Å². The summed E-state index contributed by atoms with van der Waals surface area (Å²) in [5.41, 5.74) is 0. The van der Waals surface area contributed by atoms with E-state index in [0.717, 1.165) is 13.1 Å². The van der Waals surface area contributed by atoms with E-state index in [-0.39, 0.29) is 0 Å². The Hall–Kier alpha value is -0.450. The minimum atomic E-state index is 0.437. The highest BCUT2D eigenvalue weighted by atomic mass is 32.1. The lowest BCUT2D eigenvalue weighted by molar-refractivity contribution is 0.0656. The molecule has 1 aromatic rings. The molecule has 17 heavy (non-hydrogen) atoms. The molecule has 4 heteroatoms. The van der Waals surface area contributed by atoms with Crippen molar-refractivity contribution in [1.29, 1.82) is 0 Å². The Kier molecular flexibility index (Phi) is 4.17. The minimum absolute atomic E-state index is 0.437. The molecule has 3 atom stereocenters. The van der Waals surface area contributed by atoms with Gasteiger partial charge in [-0.15, -0.1) is 11.3 Å². The Bertz CT molecular complexity index is 336. The van der Waals surface area contributed by atoms with Gasteiger partial charge in [0, 0.05) is 36.8 Å². The van der Waals surface area contributed by atoms with Gasteiger partial charge in [0.1, 0.15) is 5.01 Å². The third-order valence-corrected chi connectivity index (χ3v) is 4.61. The highest BCUT2D eigenvalue weighted by Crippen LogP contribution is 2.28. The quantitative estimate of drug-likeness (QED) is 0.897. The van der Waals surface area contributed by atoms with Crippen molar-refractivity contribution in [3.05, 3.63) is 16.6 Å². The first-order chi connectivity index (χ1) is 8.09. The lowest BCUT2D eigenvalue weighted by Crippen LogP contribution is -2.57. The van der Waals surface area contributed by atoms with Crippen molar-refractivity contribution in [2.24, 2.45) is 5.92 Å². The molecule has 0 bridgehead atoms. The van der Waals surface area contributed by atoms with E-state index in [1.807, 2.05) is 6.20 Å². The van der Waals surface area contributed by atoms with Gasteiger partial charge in [-0.1, -0.05) is 13.8 Å². The van der Waals surface area contributed by atoms with Crippen LogP contribution in [0.25, 0.3) is 0 Å². The number of aromatic nitrogens is 1. The molecule has 1 aliphatic rings. The van der Waals surface area contributed by atoms with E-state index in [1.165, 1.54) is 5.01 Å². The second kappa shape index (κ2) is 5.46. The molecule has 0 aromatic carbocycles. The number of nitrogens with one attached hydrogen (secondary N) is 1. The first-order valence-electron chi connectivity index (χ1n) is 6.48. The molecule has 1 aromatic heterocycles. The molecule has 0 amide bonds. The van der Waals surface area contributed by atoms with Crippen LogP contribution in [0, 0.1) is 5.92 Å². The van der Waals surface area contributed by atoms with Crippen LogP contribution >= 0.6 is 11.3 Å². The van der Waals surface area contributed by atoms with E-state index in [2.05, 4.69) is 48.3 Å². The zero-order chi connectivity index (χ0) is 12.4. The van der Waals surface area contributed by atoms with Crippen LogP contribution in [-0.4, -0.2) is 35.1 Å². The van der Waals surface area contributed by atoms with Crippen molar-refractivity contribution in [2.45, 2.75) is 45.8 Å². The van der Waals surface area contributed by atoms with Crippen molar-refractivity contribution in [3.63, 3.8) is 0 Å². The van der Waals surface area contributed by atoms with Gasteiger partial charge in [-0.2, -0.15) is 0 Å². The van der Waals surface area contributed by atoms with E-state index < -0.39 is 0 Å². The summed E-state index contributed by atoms with van der Waals surface area (Å²) in [6.07, 6.45) is 1.91. The second-order valence-electron chi connectivity index (χ2n) is 5.36. The summed E-state index contributed by atoms with van der Waals surface area (Å²) in [6, 6.07) is 1.63. The maximum absolute atomic E-state index is 4.47. The lowest BCUT2D eigenvalue weighted by atomic mass is 9.97. The number of hydrogen-bond acceptors (Lipinski definition) is 4. The van der Waals surface area contributed by atoms with Crippen LogP contribution in [0.2, 0.25) is 0 Å². The van der Waals surface area contributed by atoms with E-state index >= 15 is 0 Å². The van der Waals surface area contributed by atoms with Crippen LogP contribution in [-0.2, 0) is 0 Å². The summed E-state index contributed by atoms with van der Waals surface area (Å²) >= 11 is 1.77. The van der Waals surface area contributed by atoms with Crippen LogP contribution in [0.3, 0.4) is 0 Å². The maximum atomic E-state index is 4.47. The molecular formula is C13H23N3S. The zero-order valence-corrected chi connectivity index (χ0v) is 12.0. The first kappa shape index (κ1) is 13.0. The highest BCUT2D eigenvalue weighted by Gasteiger charge is 2.32. The Labute approximate surface area is 108 Å². The summed E-state index contributed by atoms with van der Waals surface area (Å²) in [5.74, 6) is 0.678. The van der Waals surface area contributed by atoms with Gasteiger partial charge in [0.05, 0.1) is 6.04 Å². The number of hydrogen-bond donors (Lipinski definition) is 1. The molecule has 2 heterocycles. The van der Waals surface area contributed by atoms with Gasteiger partial charge in [0.15, 0.2) is 0 Å². The average Bonchev–Trinajstić information content (AvgIpc) is 2.80. The summed E-state index contributed by atoms with van der Waals surface area (Å²) in [4.78, 5) is 7.08. The largest absolute Gasteiger partial charge is 0.311 e. The Balaban J connectivity index is 2.14. The summed E-state index contributed by atoms with van der Waals surface area (Å²) in [6.45, 7) is 11.4. The molecule has 1 fully saturated rings. The fourth-order valence-corrected chi connectivity index (χ4v) is 3.32. The Morgan fingerprint density at radius 2 is 2.24 bits per heavy atom. The van der Waals surface area contributed by atoms with Gasteiger partial charge < -0.3 is 5.32 Å². The molecule has 0 saturated carbocycles. The third-order valence-electron chi connectivity index (χ3n) is 3.66. The van der Waals surface area contributed by atoms with Gasteiger partial charge in [-0.25, -0.2) is 4.98 Å². The molecule has 0 aliphatic carbocycles. The number of rotatable bonds is 3. The lowest BCUT2D eigenvalue weighted by Gasteiger charge is -2.44. The second-order valence-corrected chi connectivity index (χ2v) is 6.29. The van der Waals surface area contributed by atoms with E-state index in [1.54, 1.807) is 11.3 Å². The SMILES string of the molecule is CC1CN(C(C)c2nccs2)C(C(C)C)CN1. The standard InChI is InChI=1S/C13H23N3S/c1-9(2)12-7-15-10(3)8-16(12)11(4)13-14-5-6-17-13/h5-6,9-12,15H,7-8H2,1-4H3. The minimum Gasteiger partial charge on any atom is -0.311 e. The van der Waals surface area contributed by atoms with Crippen molar-refractivity contribution in [1.82, 2.24) is 15.2 Å². The van der Waals surface area contributed by atoms with Crippen molar-refractivity contribution in [2.75, 3.05) is 13.1 Å². The molecular weight excluding hydrogens is 230 g/mol. The maximum Gasteiger partial charge on any atom is 0.109 e. The molecule has 1 aliphatic heterocycles. The van der Waals surface area contributed by atoms with Crippen LogP contribution in [0.4, 0.5) is 0 Å². The third kappa shape index (κ3) is 2.87. The van der Waals surface area contributed by atoms with Gasteiger partial charge >= 0.3 is 0 Å². The van der Waals surface area contributed by atoms with E-state index in [4.69, 9.17) is 0 Å².